The minimum Gasteiger partial charge on any atom is -0.395 e. The predicted octanol–water partition coefficient (Wildman–Crippen LogP) is 1.62. The van der Waals surface area contributed by atoms with Gasteiger partial charge in [-0.2, -0.15) is 4.31 Å². The van der Waals surface area contributed by atoms with Crippen LogP contribution < -0.4 is 0 Å². The molecule has 0 saturated heterocycles. The monoisotopic (exact) mass is 316 g/mol. The van der Waals surface area contributed by atoms with Gasteiger partial charge in [-0.15, -0.1) is 0 Å². The van der Waals surface area contributed by atoms with Crippen molar-refractivity contribution in [3.63, 3.8) is 0 Å². The van der Waals surface area contributed by atoms with Crippen LogP contribution in [0.5, 0.6) is 0 Å². The summed E-state index contributed by atoms with van der Waals surface area (Å²) >= 11 is 0. The van der Waals surface area contributed by atoms with Crippen LogP contribution in [0.3, 0.4) is 0 Å². The van der Waals surface area contributed by atoms with Crippen LogP contribution in [0.1, 0.15) is 20.8 Å². The van der Waals surface area contributed by atoms with Crippen molar-refractivity contribution in [2.75, 3.05) is 13.7 Å². The molecule has 0 aliphatic carbocycles. The number of nitro groups is 1. The zero-order valence-electron chi connectivity index (χ0n) is 12.5. The van der Waals surface area contributed by atoms with Gasteiger partial charge in [-0.25, -0.2) is 8.42 Å². The third kappa shape index (κ3) is 3.78. The maximum absolute atomic E-state index is 12.5. The first-order valence-corrected chi connectivity index (χ1v) is 7.79. The van der Waals surface area contributed by atoms with E-state index in [0.29, 0.717) is 0 Å². The Labute approximate surface area is 124 Å². The van der Waals surface area contributed by atoms with Crippen molar-refractivity contribution in [2.24, 2.45) is 5.41 Å². The van der Waals surface area contributed by atoms with Gasteiger partial charge in [-0.05, 0) is 17.5 Å². The average molecular weight is 316 g/mol. The SMILES string of the molecule is CN([C@@H](CO)C(C)(C)C)S(=O)(=O)c1ccc([N+](=O)[O-])cc1. The molecule has 0 bridgehead atoms. The van der Waals surface area contributed by atoms with E-state index in [-0.39, 0.29) is 17.2 Å². The molecule has 1 rings (SSSR count). The van der Waals surface area contributed by atoms with Crippen LogP contribution in [-0.4, -0.2) is 42.4 Å². The van der Waals surface area contributed by atoms with Crippen molar-refractivity contribution in [2.45, 2.75) is 31.7 Å². The second kappa shape index (κ2) is 6.08. The Hall–Kier alpha value is -1.51. The minimum atomic E-state index is -3.83. The number of non-ortho nitro benzene ring substituents is 1. The number of sulfonamides is 1. The number of hydrogen-bond donors (Lipinski definition) is 1. The highest BCUT2D eigenvalue weighted by Gasteiger charge is 2.35. The van der Waals surface area contributed by atoms with E-state index < -0.39 is 26.4 Å². The van der Waals surface area contributed by atoms with Crippen LogP contribution in [0.15, 0.2) is 29.2 Å². The van der Waals surface area contributed by atoms with Gasteiger partial charge in [-0.1, -0.05) is 20.8 Å². The molecule has 0 radical (unpaired) electrons. The molecule has 21 heavy (non-hydrogen) atoms. The Balaban J connectivity index is 3.18. The Bertz CT molecular complexity index is 604. The van der Waals surface area contributed by atoms with Crippen LogP contribution in [-0.2, 0) is 10.0 Å². The number of hydrogen-bond acceptors (Lipinski definition) is 5. The van der Waals surface area contributed by atoms with Crippen molar-refractivity contribution in [1.82, 2.24) is 4.31 Å². The third-order valence-corrected chi connectivity index (χ3v) is 5.22. The van der Waals surface area contributed by atoms with E-state index in [1.807, 2.05) is 20.8 Å². The summed E-state index contributed by atoms with van der Waals surface area (Å²) < 4.78 is 26.1. The summed E-state index contributed by atoms with van der Waals surface area (Å²) in [4.78, 5) is 9.96. The van der Waals surface area contributed by atoms with Crippen molar-refractivity contribution in [3.05, 3.63) is 34.4 Å². The summed E-state index contributed by atoms with van der Waals surface area (Å²) in [5.74, 6) is 0. The molecule has 1 atom stereocenters. The number of aliphatic hydroxyl groups excluding tert-OH is 1. The fourth-order valence-corrected chi connectivity index (χ4v) is 3.54. The maximum Gasteiger partial charge on any atom is 0.269 e. The molecule has 0 unspecified atom stereocenters. The molecule has 1 aromatic rings. The van der Waals surface area contributed by atoms with E-state index in [1.165, 1.54) is 19.2 Å². The molecule has 0 aliphatic heterocycles. The molecule has 0 aromatic heterocycles. The normalized spacial score (nSPS) is 14.2. The average Bonchev–Trinajstić information content (AvgIpc) is 2.37. The summed E-state index contributed by atoms with van der Waals surface area (Å²) in [6.45, 7) is 5.17. The lowest BCUT2D eigenvalue weighted by Gasteiger charge is -2.35. The first-order valence-electron chi connectivity index (χ1n) is 6.35. The van der Waals surface area contributed by atoms with Gasteiger partial charge in [0, 0.05) is 19.2 Å². The summed E-state index contributed by atoms with van der Waals surface area (Å²) in [7, 11) is -2.43. The Morgan fingerprint density at radius 2 is 1.76 bits per heavy atom. The number of nitrogens with zero attached hydrogens (tertiary/aromatic N) is 2. The van der Waals surface area contributed by atoms with Gasteiger partial charge < -0.3 is 5.11 Å². The highest BCUT2D eigenvalue weighted by atomic mass is 32.2. The number of rotatable bonds is 5. The Morgan fingerprint density at radius 3 is 2.10 bits per heavy atom. The molecule has 0 heterocycles. The molecule has 7 nitrogen and oxygen atoms in total. The summed E-state index contributed by atoms with van der Waals surface area (Å²) in [5.41, 5.74) is -0.622. The van der Waals surface area contributed by atoms with Gasteiger partial charge in [0.15, 0.2) is 0 Å². The van der Waals surface area contributed by atoms with Gasteiger partial charge in [0.2, 0.25) is 10.0 Å². The molecule has 0 aliphatic rings. The van der Waals surface area contributed by atoms with Crippen molar-refractivity contribution >= 4 is 15.7 Å². The third-order valence-electron chi connectivity index (χ3n) is 3.34. The lowest BCUT2D eigenvalue weighted by Crippen LogP contribution is -2.47. The Morgan fingerprint density at radius 1 is 1.29 bits per heavy atom. The summed E-state index contributed by atoms with van der Waals surface area (Å²) in [6.07, 6.45) is 0. The predicted molar refractivity (Wildman–Crippen MR) is 78.4 cm³/mol. The van der Waals surface area contributed by atoms with E-state index >= 15 is 0 Å². The maximum atomic E-state index is 12.5. The summed E-state index contributed by atoms with van der Waals surface area (Å²) in [5, 5.41) is 20.1. The fraction of sp³-hybridized carbons (Fsp3) is 0.538. The quantitative estimate of drug-likeness (QED) is 0.657. The summed E-state index contributed by atoms with van der Waals surface area (Å²) in [6, 6.07) is 4.08. The fourth-order valence-electron chi connectivity index (χ4n) is 2.01. The Kier molecular flexibility index (Phi) is 5.08. The molecule has 8 heteroatoms. The van der Waals surface area contributed by atoms with Gasteiger partial charge in [0.05, 0.1) is 22.5 Å². The second-order valence-corrected chi connectivity index (χ2v) is 7.83. The molecule has 1 aromatic carbocycles. The minimum absolute atomic E-state index is 0.0432. The number of nitro benzene ring substituents is 1. The molecule has 0 fully saturated rings. The smallest absolute Gasteiger partial charge is 0.269 e. The molecule has 1 N–H and O–H groups in total. The van der Waals surface area contributed by atoms with Gasteiger partial charge >= 0.3 is 0 Å². The van der Waals surface area contributed by atoms with Crippen LogP contribution in [0.2, 0.25) is 0 Å². The standard InChI is InChI=1S/C13H20N2O5S/c1-13(2,3)12(9-16)14(4)21(19,20)11-7-5-10(6-8-11)15(17)18/h5-8,12,16H,9H2,1-4H3/t12-/m0/s1. The molecule has 0 saturated carbocycles. The lowest BCUT2D eigenvalue weighted by molar-refractivity contribution is -0.384. The lowest BCUT2D eigenvalue weighted by atomic mass is 9.87. The topological polar surface area (TPSA) is 101 Å². The van der Waals surface area contributed by atoms with E-state index in [1.54, 1.807) is 0 Å². The largest absolute Gasteiger partial charge is 0.395 e. The van der Waals surface area contributed by atoms with Crippen LogP contribution in [0.25, 0.3) is 0 Å². The number of benzene rings is 1. The van der Waals surface area contributed by atoms with Crippen LogP contribution in [0.4, 0.5) is 5.69 Å². The zero-order valence-corrected chi connectivity index (χ0v) is 13.3. The molecular weight excluding hydrogens is 296 g/mol. The van der Waals surface area contributed by atoms with E-state index in [9.17, 15) is 23.6 Å². The van der Waals surface area contributed by atoms with Crippen molar-refractivity contribution in [3.8, 4) is 0 Å². The highest BCUT2D eigenvalue weighted by Crippen LogP contribution is 2.28. The van der Waals surface area contributed by atoms with E-state index in [2.05, 4.69) is 0 Å². The van der Waals surface area contributed by atoms with Gasteiger partial charge in [0.1, 0.15) is 0 Å². The van der Waals surface area contributed by atoms with Crippen LogP contribution >= 0.6 is 0 Å². The molecule has 118 valence electrons. The van der Waals surface area contributed by atoms with Gasteiger partial charge in [0.25, 0.3) is 5.69 Å². The molecular formula is C13H20N2O5S. The van der Waals surface area contributed by atoms with E-state index in [4.69, 9.17) is 0 Å². The second-order valence-electron chi connectivity index (χ2n) is 5.84. The van der Waals surface area contributed by atoms with Crippen LogP contribution in [0, 0.1) is 15.5 Å². The zero-order chi connectivity index (χ0) is 16.4. The number of likely N-dealkylation sites (N-methyl/N-ethyl adjacent to an activating group) is 1. The highest BCUT2D eigenvalue weighted by molar-refractivity contribution is 7.89. The van der Waals surface area contributed by atoms with Crippen molar-refractivity contribution in [1.29, 1.82) is 0 Å². The number of aliphatic hydroxyl groups is 1. The molecule has 0 spiro atoms. The van der Waals surface area contributed by atoms with Gasteiger partial charge in [-0.3, -0.25) is 10.1 Å². The first kappa shape index (κ1) is 17.5. The molecule has 0 amide bonds. The first-order chi connectivity index (χ1) is 9.51. The van der Waals surface area contributed by atoms with Crippen molar-refractivity contribution < 1.29 is 18.4 Å². The van der Waals surface area contributed by atoms with E-state index in [0.717, 1.165) is 16.4 Å².